The van der Waals surface area contributed by atoms with Gasteiger partial charge in [0.1, 0.15) is 10.7 Å². The molecule has 0 spiro atoms. The molecule has 0 fully saturated rings. The van der Waals surface area contributed by atoms with E-state index in [1.165, 1.54) is 0 Å². The molecule has 2 N–H and O–H groups in total. The number of nitrogens with two attached hydrogens (primary N) is 1. The first-order chi connectivity index (χ1) is 10.5. The van der Waals surface area contributed by atoms with Crippen molar-refractivity contribution in [2.75, 3.05) is 0 Å². The molecule has 0 aliphatic carbocycles. The predicted molar refractivity (Wildman–Crippen MR) is 95.5 cm³/mol. The lowest BCUT2D eigenvalue weighted by molar-refractivity contribution is 0.276. The summed E-state index contributed by atoms with van der Waals surface area (Å²) in [6, 6.07) is 13.5. The number of hydrogen-bond donors (Lipinski definition) is 1. The summed E-state index contributed by atoms with van der Waals surface area (Å²) in [5, 5.41) is 0.600. The van der Waals surface area contributed by atoms with Crippen LogP contribution in [-0.2, 0) is 6.42 Å². The molecule has 2 aromatic carbocycles. The van der Waals surface area contributed by atoms with E-state index in [1.807, 2.05) is 30.3 Å². The van der Waals surface area contributed by atoms with E-state index in [1.54, 1.807) is 19.1 Å². The van der Waals surface area contributed by atoms with E-state index >= 15 is 0 Å². The minimum atomic E-state index is -0.402. The van der Waals surface area contributed by atoms with Crippen molar-refractivity contribution in [3.8, 4) is 18.1 Å². The lowest BCUT2D eigenvalue weighted by Crippen LogP contribution is -2.17. The lowest BCUT2D eigenvalue weighted by atomic mass is 10.0. The maximum atomic E-state index is 6.37. The van der Waals surface area contributed by atoms with E-state index in [9.17, 15) is 0 Å². The van der Waals surface area contributed by atoms with Gasteiger partial charge in [0.25, 0.3) is 0 Å². The maximum Gasteiger partial charge on any atom is 0.156 e. The highest BCUT2D eigenvalue weighted by Gasteiger charge is 2.17. The molecule has 2 aromatic rings. The first-order valence-corrected chi connectivity index (χ1v) is 7.59. The van der Waals surface area contributed by atoms with E-state index in [0.717, 1.165) is 11.1 Å². The molecule has 0 bridgehead atoms. The summed E-state index contributed by atoms with van der Waals surface area (Å²) in [6.45, 7) is 1.79. The summed E-state index contributed by atoms with van der Waals surface area (Å²) >= 11 is 11.5. The molecule has 0 radical (unpaired) electrons. The van der Waals surface area contributed by atoms with Crippen molar-refractivity contribution in [2.24, 2.45) is 5.73 Å². The molecule has 0 amide bonds. The number of thiocarbonyl (C=S) groups is 1. The Morgan fingerprint density at radius 1 is 1.32 bits per heavy atom. The second-order valence-corrected chi connectivity index (χ2v) is 5.70. The number of ether oxygens (including phenoxy) is 1. The zero-order chi connectivity index (χ0) is 16.1. The van der Waals surface area contributed by atoms with Crippen LogP contribution in [0.15, 0.2) is 42.5 Å². The highest BCUT2D eigenvalue weighted by Crippen LogP contribution is 2.33. The van der Waals surface area contributed by atoms with E-state index in [2.05, 4.69) is 5.92 Å². The molecule has 0 aliphatic rings. The molecule has 0 saturated heterocycles. The molecule has 1 atom stereocenters. The quantitative estimate of drug-likeness (QED) is 0.666. The molecule has 2 rings (SSSR count). The lowest BCUT2D eigenvalue weighted by Gasteiger charge is -2.18. The van der Waals surface area contributed by atoms with Gasteiger partial charge < -0.3 is 10.5 Å². The fourth-order valence-electron chi connectivity index (χ4n) is 2.11. The smallest absolute Gasteiger partial charge is 0.156 e. The first kappa shape index (κ1) is 16.4. The Kier molecular flexibility index (Phi) is 5.43. The van der Waals surface area contributed by atoms with Gasteiger partial charge in [-0.2, -0.15) is 0 Å². The molecule has 0 aromatic heterocycles. The van der Waals surface area contributed by atoms with Crippen LogP contribution >= 0.6 is 23.8 Å². The van der Waals surface area contributed by atoms with Crippen LogP contribution in [0.1, 0.15) is 23.6 Å². The third-order valence-corrected chi connectivity index (χ3v) is 3.80. The first-order valence-electron chi connectivity index (χ1n) is 6.80. The van der Waals surface area contributed by atoms with Crippen LogP contribution in [0, 0.1) is 12.3 Å². The van der Waals surface area contributed by atoms with Gasteiger partial charge in [0.15, 0.2) is 6.10 Å². The van der Waals surface area contributed by atoms with Gasteiger partial charge in [0.05, 0.1) is 5.56 Å². The molecule has 22 heavy (non-hydrogen) atoms. The van der Waals surface area contributed by atoms with Gasteiger partial charge in [-0.05, 0) is 24.6 Å². The summed E-state index contributed by atoms with van der Waals surface area (Å²) in [4.78, 5) is 0.255. The number of terminal acetylenes is 1. The molecular weight excluding hydrogens is 314 g/mol. The predicted octanol–water partition coefficient (Wildman–Crippen LogP) is 3.97. The summed E-state index contributed by atoms with van der Waals surface area (Å²) in [7, 11) is 0. The Labute approximate surface area is 141 Å². The van der Waals surface area contributed by atoms with Crippen molar-refractivity contribution < 1.29 is 4.74 Å². The zero-order valence-electron chi connectivity index (χ0n) is 12.2. The van der Waals surface area contributed by atoms with E-state index < -0.39 is 6.10 Å². The summed E-state index contributed by atoms with van der Waals surface area (Å²) < 4.78 is 5.85. The van der Waals surface area contributed by atoms with Crippen molar-refractivity contribution in [3.05, 3.63) is 64.2 Å². The Balaban J connectivity index is 2.52. The molecule has 2 nitrogen and oxygen atoms in total. The van der Waals surface area contributed by atoms with Crippen molar-refractivity contribution in [2.45, 2.75) is 19.4 Å². The molecular formula is C18H16ClNOS. The number of hydrogen-bond acceptors (Lipinski definition) is 2. The maximum absolute atomic E-state index is 6.37. The van der Waals surface area contributed by atoms with Crippen LogP contribution in [0.25, 0.3) is 0 Å². The van der Waals surface area contributed by atoms with Crippen LogP contribution in [0.3, 0.4) is 0 Å². The molecule has 112 valence electrons. The van der Waals surface area contributed by atoms with Crippen LogP contribution in [0.5, 0.6) is 5.75 Å². The Morgan fingerprint density at radius 2 is 2.00 bits per heavy atom. The fourth-order valence-corrected chi connectivity index (χ4v) is 2.48. The van der Waals surface area contributed by atoms with Crippen molar-refractivity contribution in [1.82, 2.24) is 0 Å². The Bertz CT molecular complexity index is 722. The van der Waals surface area contributed by atoms with Crippen LogP contribution in [0.4, 0.5) is 0 Å². The summed E-state index contributed by atoms with van der Waals surface area (Å²) in [6.07, 6.45) is 5.63. The number of rotatable bonds is 5. The largest absolute Gasteiger partial charge is 0.477 e. The van der Waals surface area contributed by atoms with E-state index in [-0.39, 0.29) is 4.99 Å². The third-order valence-electron chi connectivity index (χ3n) is 3.22. The monoisotopic (exact) mass is 329 g/mol. The summed E-state index contributed by atoms with van der Waals surface area (Å²) in [5.74, 6) is 3.10. The van der Waals surface area contributed by atoms with Gasteiger partial charge in [-0.25, -0.2) is 0 Å². The van der Waals surface area contributed by atoms with Gasteiger partial charge in [-0.1, -0.05) is 60.1 Å². The molecule has 4 heteroatoms. The van der Waals surface area contributed by atoms with Crippen molar-refractivity contribution in [1.29, 1.82) is 0 Å². The minimum Gasteiger partial charge on any atom is -0.477 e. The molecule has 0 saturated carbocycles. The highest BCUT2D eigenvalue weighted by molar-refractivity contribution is 7.80. The zero-order valence-corrected chi connectivity index (χ0v) is 13.7. The van der Waals surface area contributed by atoms with Crippen LogP contribution in [0.2, 0.25) is 5.02 Å². The Morgan fingerprint density at radius 3 is 2.59 bits per heavy atom. The third kappa shape index (κ3) is 3.79. The Hall–Kier alpha value is -2.02. The highest BCUT2D eigenvalue weighted by atomic mass is 35.5. The normalized spacial score (nSPS) is 11.5. The van der Waals surface area contributed by atoms with Crippen molar-refractivity contribution in [3.63, 3.8) is 0 Å². The van der Waals surface area contributed by atoms with Gasteiger partial charge in [0, 0.05) is 17.0 Å². The molecule has 0 heterocycles. The summed E-state index contributed by atoms with van der Waals surface area (Å²) in [5.41, 5.74) is 8.39. The average Bonchev–Trinajstić information content (AvgIpc) is 2.51. The second-order valence-electron chi connectivity index (χ2n) is 4.86. The van der Waals surface area contributed by atoms with Crippen LogP contribution < -0.4 is 10.5 Å². The van der Waals surface area contributed by atoms with Crippen molar-refractivity contribution >= 4 is 28.8 Å². The fraction of sp³-hybridized carbons (Fsp3) is 0.167. The minimum absolute atomic E-state index is 0.255. The van der Waals surface area contributed by atoms with E-state index in [4.69, 9.17) is 40.7 Å². The SMILES string of the molecule is C#CC(C)Oc1c(C(N)=S)ccc(Cl)c1Cc1ccccc1. The van der Waals surface area contributed by atoms with Crippen LogP contribution in [-0.4, -0.2) is 11.1 Å². The standard InChI is InChI=1S/C18H16ClNOS/c1-3-12(2)21-17-14(18(20)22)9-10-16(19)15(17)11-13-7-5-4-6-8-13/h1,4-10,12H,11H2,2H3,(H2,20,22). The number of halogens is 1. The molecule has 0 aliphatic heterocycles. The van der Waals surface area contributed by atoms with Gasteiger partial charge in [-0.15, -0.1) is 6.42 Å². The van der Waals surface area contributed by atoms with Gasteiger partial charge in [-0.3, -0.25) is 0 Å². The van der Waals surface area contributed by atoms with E-state index in [0.29, 0.717) is 22.8 Å². The molecule has 1 unspecified atom stereocenters. The number of benzene rings is 2. The topological polar surface area (TPSA) is 35.2 Å². The second kappa shape index (κ2) is 7.31. The van der Waals surface area contributed by atoms with Gasteiger partial charge >= 0.3 is 0 Å². The average molecular weight is 330 g/mol. The van der Waals surface area contributed by atoms with Gasteiger partial charge in [0.2, 0.25) is 0 Å².